The molecule has 3 aromatic carbocycles. The molecule has 1 N–H and O–H groups in total. The van der Waals surface area contributed by atoms with Gasteiger partial charge >= 0.3 is 0 Å². The van der Waals surface area contributed by atoms with Gasteiger partial charge in [0.05, 0.1) is 6.04 Å². The van der Waals surface area contributed by atoms with E-state index in [-0.39, 0.29) is 5.78 Å². The van der Waals surface area contributed by atoms with E-state index in [0.717, 1.165) is 5.56 Å². The minimum atomic E-state index is -3.20. The summed E-state index contributed by atoms with van der Waals surface area (Å²) in [5, 5.41) is 4.67. The molecule has 0 spiro atoms. The largest absolute Gasteiger partial charge is 0.296 e. The molecule has 0 bridgehead atoms. The second kappa shape index (κ2) is 8.30. The average molecular weight is 375 g/mol. The number of hydrogen-bond donors (Lipinski definition) is 1. The number of carbonyl (C=O) groups excluding carboxylic acids is 1. The Morgan fingerprint density at radius 1 is 0.815 bits per heavy atom. The zero-order valence-corrected chi connectivity index (χ0v) is 16.1. The van der Waals surface area contributed by atoms with Gasteiger partial charge in [0.1, 0.15) is 0 Å². The summed E-state index contributed by atoms with van der Waals surface area (Å²) in [6.07, 6.45) is 0. The van der Waals surface area contributed by atoms with E-state index in [1.54, 1.807) is 0 Å². The van der Waals surface area contributed by atoms with Crippen LogP contribution in [0.4, 0.5) is 0 Å². The molecule has 4 heteroatoms. The van der Waals surface area contributed by atoms with Gasteiger partial charge in [0, 0.05) is 16.2 Å². The Labute approximate surface area is 160 Å². The van der Waals surface area contributed by atoms with Crippen LogP contribution < -0.4 is 15.7 Å². The van der Waals surface area contributed by atoms with Crippen LogP contribution in [0.1, 0.15) is 18.5 Å². The van der Waals surface area contributed by atoms with Crippen LogP contribution in [0.5, 0.6) is 0 Å². The lowest BCUT2D eigenvalue weighted by Crippen LogP contribution is -2.32. The van der Waals surface area contributed by atoms with E-state index in [2.05, 4.69) is 11.7 Å². The van der Waals surface area contributed by atoms with Gasteiger partial charge in [-0.2, -0.15) is 0 Å². The van der Waals surface area contributed by atoms with E-state index >= 15 is 0 Å². The summed E-state index contributed by atoms with van der Waals surface area (Å²) >= 11 is 0. The Morgan fingerprint density at radius 2 is 1.22 bits per heavy atom. The van der Waals surface area contributed by atoms with Crippen molar-refractivity contribution in [3.63, 3.8) is 0 Å². The van der Waals surface area contributed by atoms with Crippen LogP contribution in [-0.2, 0) is 9.36 Å². The summed E-state index contributed by atoms with van der Waals surface area (Å²) in [6.45, 7) is 5.45. The summed E-state index contributed by atoms with van der Waals surface area (Å²) in [7, 11) is -3.20. The number of hydrogen-bond acceptors (Lipinski definition) is 2. The number of Topliss-reactive ketones (excluding diaryl/α,β-unsaturated/α-hetero) is 1. The molecule has 0 amide bonds. The van der Waals surface area contributed by atoms with Crippen molar-refractivity contribution in [2.75, 3.05) is 0 Å². The average Bonchev–Trinajstić information content (AvgIpc) is 2.73. The first-order chi connectivity index (χ1) is 13.0. The van der Waals surface area contributed by atoms with Crippen LogP contribution in [0.25, 0.3) is 0 Å². The summed E-state index contributed by atoms with van der Waals surface area (Å²) in [4.78, 5) is 12.1. The minimum absolute atomic E-state index is 0.135. The van der Waals surface area contributed by atoms with Crippen molar-refractivity contribution in [2.45, 2.75) is 13.0 Å². The van der Waals surface area contributed by atoms with E-state index in [9.17, 15) is 9.36 Å². The number of ketones is 1. The molecular formula is C23H22NO2P. The highest BCUT2D eigenvalue weighted by Crippen LogP contribution is 2.43. The second-order valence-corrected chi connectivity index (χ2v) is 8.84. The van der Waals surface area contributed by atoms with Crippen molar-refractivity contribution in [1.82, 2.24) is 5.09 Å². The van der Waals surface area contributed by atoms with E-state index in [1.165, 1.54) is 6.92 Å². The minimum Gasteiger partial charge on any atom is -0.296 e. The molecule has 1 atom stereocenters. The molecule has 0 aliphatic heterocycles. The molecule has 27 heavy (non-hydrogen) atoms. The van der Waals surface area contributed by atoms with Gasteiger partial charge in [0.25, 0.3) is 0 Å². The molecule has 3 nitrogen and oxygen atoms in total. The molecule has 0 aliphatic carbocycles. The molecule has 0 aromatic heterocycles. The molecule has 0 radical (unpaired) electrons. The first-order valence-electron chi connectivity index (χ1n) is 8.76. The Hall–Kier alpha value is -2.74. The van der Waals surface area contributed by atoms with Gasteiger partial charge in [-0.05, 0) is 36.8 Å². The maximum Gasteiger partial charge on any atom is 0.205 e. The fourth-order valence-electron chi connectivity index (χ4n) is 2.96. The van der Waals surface area contributed by atoms with Crippen molar-refractivity contribution in [3.05, 3.63) is 109 Å². The topological polar surface area (TPSA) is 46.2 Å². The highest BCUT2D eigenvalue weighted by molar-refractivity contribution is 7.76. The van der Waals surface area contributed by atoms with Crippen molar-refractivity contribution in [2.24, 2.45) is 0 Å². The SMILES string of the molecule is C=C(C(C)=O)C(NP(=O)(c1ccccc1)c1ccccc1)c1ccccc1. The zero-order valence-electron chi connectivity index (χ0n) is 15.2. The molecule has 136 valence electrons. The van der Waals surface area contributed by atoms with Gasteiger partial charge in [0.2, 0.25) is 7.29 Å². The third-order valence-electron chi connectivity index (χ3n) is 4.48. The lowest BCUT2D eigenvalue weighted by molar-refractivity contribution is -0.113. The summed E-state index contributed by atoms with van der Waals surface area (Å²) < 4.78 is 14.3. The fraction of sp³-hybridized carbons (Fsp3) is 0.0870. The first-order valence-corrected chi connectivity index (χ1v) is 10.5. The van der Waals surface area contributed by atoms with Gasteiger partial charge < -0.3 is 0 Å². The van der Waals surface area contributed by atoms with Crippen molar-refractivity contribution >= 4 is 23.7 Å². The van der Waals surface area contributed by atoms with E-state index in [0.29, 0.717) is 16.2 Å². The molecule has 3 rings (SSSR count). The molecule has 1 unspecified atom stereocenters. The van der Waals surface area contributed by atoms with Gasteiger partial charge in [0.15, 0.2) is 5.78 Å². The summed E-state index contributed by atoms with van der Waals surface area (Å²) in [6, 6.07) is 27.6. The van der Waals surface area contributed by atoms with Gasteiger partial charge in [-0.15, -0.1) is 0 Å². The zero-order chi connectivity index (χ0) is 19.3. The smallest absolute Gasteiger partial charge is 0.205 e. The van der Waals surface area contributed by atoms with Crippen molar-refractivity contribution < 1.29 is 9.36 Å². The Kier molecular flexibility index (Phi) is 5.85. The molecule has 0 heterocycles. The molecule has 0 saturated carbocycles. The Bertz CT molecular complexity index is 926. The summed E-state index contributed by atoms with van der Waals surface area (Å²) in [5.74, 6) is -0.135. The monoisotopic (exact) mass is 375 g/mol. The number of benzene rings is 3. The lowest BCUT2D eigenvalue weighted by Gasteiger charge is -2.28. The Morgan fingerprint density at radius 3 is 1.63 bits per heavy atom. The van der Waals surface area contributed by atoms with E-state index < -0.39 is 13.3 Å². The molecule has 0 aliphatic rings. The van der Waals surface area contributed by atoms with Crippen LogP contribution in [0.2, 0.25) is 0 Å². The highest BCUT2D eigenvalue weighted by atomic mass is 31.2. The normalized spacial score (nSPS) is 12.3. The number of rotatable bonds is 7. The standard InChI is InChI=1S/C23H22NO2P/c1-18(19(2)25)23(20-12-6-3-7-13-20)24-27(26,21-14-8-4-9-15-21)22-16-10-5-11-17-22/h3-17,23H,1H2,2H3,(H,24,26). The van der Waals surface area contributed by atoms with Crippen molar-refractivity contribution in [3.8, 4) is 0 Å². The maximum atomic E-state index is 14.3. The van der Waals surface area contributed by atoms with Gasteiger partial charge in [-0.1, -0.05) is 73.3 Å². The number of nitrogens with one attached hydrogen (secondary N) is 1. The first kappa shape index (κ1) is 19.0. The quantitative estimate of drug-likeness (QED) is 0.492. The third kappa shape index (κ3) is 4.16. The molecular weight excluding hydrogens is 353 g/mol. The maximum absolute atomic E-state index is 14.3. The summed E-state index contributed by atoms with van der Waals surface area (Å²) in [5.41, 5.74) is 1.23. The Balaban J connectivity index is 2.13. The predicted octanol–water partition coefficient (Wildman–Crippen LogP) is 4.39. The third-order valence-corrected chi connectivity index (χ3v) is 7.16. The van der Waals surface area contributed by atoms with E-state index in [1.807, 2.05) is 91.0 Å². The fourth-order valence-corrected chi connectivity index (χ4v) is 5.41. The van der Waals surface area contributed by atoms with E-state index in [4.69, 9.17) is 0 Å². The van der Waals surface area contributed by atoms with Gasteiger partial charge in [-0.3, -0.25) is 9.36 Å². The highest BCUT2D eigenvalue weighted by Gasteiger charge is 2.32. The van der Waals surface area contributed by atoms with Crippen LogP contribution in [0, 0.1) is 0 Å². The molecule has 0 saturated heterocycles. The second-order valence-electron chi connectivity index (χ2n) is 6.33. The van der Waals surface area contributed by atoms with Crippen LogP contribution in [0.3, 0.4) is 0 Å². The van der Waals surface area contributed by atoms with Crippen LogP contribution in [0.15, 0.2) is 103 Å². The lowest BCUT2D eigenvalue weighted by atomic mass is 9.98. The van der Waals surface area contributed by atoms with Crippen molar-refractivity contribution in [1.29, 1.82) is 0 Å². The van der Waals surface area contributed by atoms with Crippen LogP contribution in [-0.4, -0.2) is 5.78 Å². The number of carbonyl (C=O) groups is 1. The predicted molar refractivity (Wildman–Crippen MR) is 112 cm³/mol. The molecule has 3 aromatic rings. The molecule has 0 fully saturated rings. The van der Waals surface area contributed by atoms with Gasteiger partial charge in [-0.25, -0.2) is 5.09 Å². The van der Waals surface area contributed by atoms with Crippen LogP contribution >= 0.6 is 7.29 Å².